The molecule has 1 aromatic carbocycles. The minimum absolute atomic E-state index is 0.133. The lowest BCUT2D eigenvalue weighted by atomic mass is 10.1. The fourth-order valence-electron chi connectivity index (χ4n) is 1.60. The van der Waals surface area contributed by atoms with Crippen molar-refractivity contribution in [1.82, 2.24) is 5.32 Å². The molecule has 0 aliphatic heterocycles. The van der Waals surface area contributed by atoms with Crippen LogP contribution in [-0.4, -0.2) is 25.2 Å². The Labute approximate surface area is 113 Å². The molecule has 0 bridgehead atoms. The molecular weight excluding hydrogens is 245 g/mol. The van der Waals surface area contributed by atoms with Crippen LogP contribution in [0.15, 0.2) is 29.3 Å². The highest BCUT2D eigenvalue weighted by Gasteiger charge is 2.12. The predicted octanol–water partition coefficient (Wildman–Crippen LogP) is 2.22. The Balaban J connectivity index is 2.67. The van der Waals surface area contributed by atoms with E-state index in [1.165, 1.54) is 12.1 Å². The fraction of sp³-hybridized carbons (Fsp3) is 0.500. The first-order chi connectivity index (χ1) is 8.81. The highest BCUT2D eigenvalue weighted by atomic mass is 19.1. The molecule has 1 atom stereocenters. The first-order valence-corrected chi connectivity index (χ1v) is 6.18. The zero-order valence-electron chi connectivity index (χ0n) is 11.9. The molecule has 0 saturated carbocycles. The van der Waals surface area contributed by atoms with Gasteiger partial charge in [0.05, 0.1) is 6.54 Å². The quantitative estimate of drug-likeness (QED) is 0.649. The summed E-state index contributed by atoms with van der Waals surface area (Å²) in [6.45, 7) is 6.40. The lowest BCUT2D eigenvalue weighted by Crippen LogP contribution is -2.45. The van der Waals surface area contributed by atoms with Crippen LogP contribution in [-0.2, 0) is 4.74 Å². The third-order valence-corrected chi connectivity index (χ3v) is 2.46. The molecular formula is C14H22FN3O. The van der Waals surface area contributed by atoms with Crippen molar-refractivity contribution in [2.45, 2.75) is 32.4 Å². The van der Waals surface area contributed by atoms with Gasteiger partial charge in [-0.1, -0.05) is 12.1 Å². The number of nitrogens with zero attached hydrogens (tertiary/aromatic N) is 1. The Bertz CT molecular complexity index is 423. The molecule has 0 heterocycles. The Morgan fingerprint density at radius 3 is 2.42 bits per heavy atom. The third kappa shape index (κ3) is 5.70. The summed E-state index contributed by atoms with van der Waals surface area (Å²) in [6, 6.07) is 6.18. The zero-order valence-corrected chi connectivity index (χ0v) is 11.9. The first kappa shape index (κ1) is 15.4. The average Bonchev–Trinajstić information content (AvgIpc) is 2.29. The summed E-state index contributed by atoms with van der Waals surface area (Å²) in [5.41, 5.74) is 6.53. The second kappa shape index (κ2) is 6.52. The summed E-state index contributed by atoms with van der Waals surface area (Å²) in [7, 11) is 1.59. The number of methoxy groups -OCH3 is 1. The number of guanidine groups is 1. The summed E-state index contributed by atoms with van der Waals surface area (Å²) in [4.78, 5) is 4.24. The van der Waals surface area contributed by atoms with E-state index in [4.69, 9.17) is 10.5 Å². The molecule has 0 spiro atoms. The van der Waals surface area contributed by atoms with E-state index in [9.17, 15) is 4.39 Å². The average molecular weight is 267 g/mol. The van der Waals surface area contributed by atoms with Crippen molar-refractivity contribution in [3.63, 3.8) is 0 Å². The van der Waals surface area contributed by atoms with Crippen LogP contribution in [0.25, 0.3) is 0 Å². The maximum atomic E-state index is 12.9. The lowest BCUT2D eigenvalue weighted by molar-refractivity contribution is 0.111. The van der Waals surface area contributed by atoms with E-state index in [1.807, 2.05) is 20.8 Å². The van der Waals surface area contributed by atoms with Gasteiger partial charge in [-0.15, -0.1) is 0 Å². The van der Waals surface area contributed by atoms with Crippen molar-refractivity contribution in [3.05, 3.63) is 35.6 Å². The van der Waals surface area contributed by atoms with Gasteiger partial charge in [0, 0.05) is 12.6 Å². The largest absolute Gasteiger partial charge is 0.375 e. The van der Waals surface area contributed by atoms with Crippen LogP contribution < -0.4 is 11.1 Å². The number of ether oxygens (including phenoxy) is 1. The Morgan fingerprint density at radius 2 is 1.95 bits per heavy atom. The van der Waals surface area contributed by atoms with Crippen LogP contribution in [0.1, 0.15) is 32.4 Å². The van der Waals surface area contributed by atoms with Crippen LogP contribution in [0.2, 0.25) is 0 Å². The first-order valence-electron chi connectivity index (χ1n) is 6.18. The highest BCUT2D eigenvalue weighted by Crippen LogP contribution is 2.17. The van der Waals surface area contributed by atoms with Crippen molar-refractivity contribution in [2.75, 3.05) is 13.7 Å². The van der Waals surface area contributed by atoms with Crippen molar-refractivity contribution < 1.29 is 9.13 Å². The number of rotatable bonds is 4. The molecule has 0 aliphatic carbocycles. The standard InChI is InChI=1S/C14H22FN3O/c1-14(2,3)18-13(16)17-9-12(19-4)10-5-7-11(15)8-6-10/h5-8,12H,9H2,1-4H3,(H3,16,17,18). The lowest BCUT2D eigenvalue weighted by Gasteiger charge is -2.21. The number of hydrogen-bond acceptors (Lipinski definition) is 2. The molecule has 106 valence electrons. The fourth-order valence-corrected chi connectivity index (χ4v) is 1.60. The molecule has 19 heavy (non-hydrogen) atoms. The highest BCUT2D eigenvalue weighted by molar-refractivity contribution is 5.78. The van der Waals surface area contributed by atoms with Crippen LogP contribution >= 0.6 is 0 Å². The zero-order chi connectivity index (χ0) is 14.5. The summed E-state index contributed by atoms with van der Waals surface area (Å²) in [5, 5.41) is 3.07. The van der Waals surface area contributed by atoms with Crippen LogP contribution in [0.4, 0.5) is 4.39 Å². The van der Waals surface area contributed by atoms with Crippen molar-refractivity contribution >= 4 is 5.96 Å². The number of halogens is 1. The summed E-state index contributed by atoms with van der Waals surface area (Å²) in [6.07, 6.45) is -0.235. The smallest absolute Gasteiger partial charge is 0.189 e. The van der Waals surface area contributed by atoms with Gasteiger partial charge < -0.3 is 15.8 Å². The molecule has 0 aromatic heterocycles. The predicted molar refractivity (Wildman–Crippen MR) is 75.5 cm³/mol. The second-order valence-electron chi connectivity index (χ2n) is 5.38. The van der Waals surface area contributed by atoms with Gasteiger partial charge in [0.2, 0.25) is 0 Å². The van der Waals surface area contributed by atoms with Gasteiger partial charge in [0.15, 0.2) is 5.96 Å². The van der Waals surface area contributed by atoms with Gasteiger partial charge in [-0.3, -0.25) is 4.99 Å². The van der Waals surface area contributed by atoms with E-state index in [1.54, 1.807) is 19.2 Å². The number of nitrogens with one attached hydrogen (secondary N) is 1. The normalized spacial score (nSPS) is 14.3. The Hall–Kier alpha value is -1.62. The number of benzene rings is 1. The number of hydrogen-bond donors (Lipinski definition) is 2. The molecule has 1 rings (SSSR count). The molecule has 4 nitrogen and oxygen atoms in total. The number of nitrogens with two attached hydrogens (primary N) is 1. The van der Waals surface area contributed by atoms with Gasteiger partial charge >= 0.3 is 0 Å². The summed E-state index contributed by atoms with van der Waals surface area (Å²) in [5.74, 6) is 0.104. The van der Waals surface area contributed by atoms with Crippen LogP contribution in [0.3, 0.4) is 0 Å². The van der Waals surface area contributed by atoms with Crippen LogP contribution in [0.5, 0.6) is 0 Å². The van der Waals surface area contributed by atoms with E-state index in [2.05, 4.69) is 10.3 Å². The van der Waals surface area contributed by atoms with Crippen molar-refractivity contribution in [1.29, 1.82) is 0 Å². The van der Waals surface area contributed by atoms with Crippen molar-refractivity contribution in [2.24, 2.45) is 10.7 Å². The molecule has 0 aliphatic rings. The summed E-state index contributed by atoms with van der Waals surface area (Å²) >= 11 is 0. The molecule has 1 aromatic rings. The van der Waals surface area contributed by atoms with E-state index in [0.717, 1.165) is 5.56 Å². The minimum atomic E-state index is -0.268. The van der Waals surface area contributed by atoms with Crippen LogP contribution in [0, 0.1) is 5.82 Å². The van der Waals surface area contributed by atoms with E-state index >= 15 is 0 Å². The second-order valence-corrected chi connectivity index (χ2v) is 5.38. The third-order valence-electron chi connectivity index (χ3n) is 2.46. The molecule has 0 radical (unpaired) electrons. The minimum Gasteiger partial charge on any atom is -0.375 e. The van der Waals surface area contributed by atoms with E-state index < -0.39 is 0 Å². The van der Waals surface area contributed by atoms with Gasteiger partial charge in [0.25, 0.3) is 0 Å². The monoisotopic (exact) mass is 267 g/mol. The summed E-state index contributed by atoms with van der Waals surface area (Å²) < 4.78 is 18.2. The van der Waals surface area contributed by atoms with Gasteiger partial charge in [-0.05, 0) is 38.5 Å². The Kier molecular flexibility index (Phi) is 5.30. The topological polar surface area (TPSA) is 59.6 Å². The molecule has 3 N–H and O–H groups in total. The number of aliphatic imine (C=N–C) groups is 1. The molecule has 0 saturated heterocycles. The molecule has 0 amide bonds. The van der Waals surface area contributed by atoms with Gasteiger partial charge in [-0.25, -0.2) is 4.39 Å². The van der Waals surface area contributed by atoms with E-state index in [0.29, 0.717) is 12.5 Å². The van der Waals surface area contributed by atoms with E-state index in [-0.39, 0.29) is 17.5 Å². The van der Waals surface area contributed by atoms with Gasteiger partial charge in [-0.2, -0.15) is 0 Å². The maximum Gasteiger partial charge on any atom is 0.189 e. The molecule has 1 unspecified atom stereocenters. The molecule has 5 heteroatoms. The van der Waals surface area contributed by atoms with Gasteiger partial charge in [0.1, 0.15) is 11.9 Å². The molecule has 0 fully saturated rings. The Morgan fingerprint density at radius 1 is 1.37 bits per heavy atom. The SMILES string of the molecule is COC(CN=C(N)NC(C)(C)C)c1ccc(F)cc1. The maximum absolute atomic E-state index is 12.9. The van der Waals surface area contributed by atoms with Crippen molar-refractivity contribution in [3.8, 4) is 0 Å².